The molecule has 1 heterocycles. The maximum Gasteiger partial charge on any atom is 0.328 e. The lowest BCUT2D eigenvalue weighted by atomic mass is 10.1. The predicted molar refractivity (Wildman–Crippen MR) is 71.6 cm³/mol. The Hall–Kier alpha value is -1.75. The molecule has 3 N–H and O–H groups in total. The van der Waals surface area contributed by atoms with E-state index in [-0.39, 0.29) is 17.9 Å². The second-order valence-corrected chi connectivity index (χ2v) is 4.27. The number of esters is 1. The van der Waals surface area contributed by atoms with Crippen LogP contribution in [0.3, 0.4) is 0 Å². The van der Waals surface area contributed by atoms with Gasteiger partial charge in [0.25, 0.3) is 0 Å². The molecule has 0 aromatic heterocycles. The number of alkyl halides is 1. The number of methoxy groups -OCH3 is 1. The SMILES string of the molecule is COC(=O)C1Cc2ccc(N=C(N)CCl)cc2N1. The molecule has 0 fully saturated rings. The Kier molecular flexibility index (Phi) is 3.72. The average molecular weight is 268 g/mol. The van der Waals surface area contributed by atoms with Crippen LogP contribution in [0.25, 0.3) is 0 Å². The summed E-state index contributed by atoms with van der Waals surface area (Å²) < 4.78 is 4.71. The molecule has 1 aliphatic heterocycles. The first-order valence-corrected chi connectivity index (χ1v) is 6.03. The highest BCUT2D eigenvalue weighted by Gasteiger charge is 2.27. The van der Waals surface area contributed by atoms with Crippen LogP contribution in [0.1, 0.15) is 5.56 Å². The molecule has 0 radical (unpaired) electrons. The van der Waals surface area contributed by atoms with Crippen molar-refractivity contribution in [1.29, 1.82) is 0 Å². The van der Waals surface area contributed by atoms with Crippen molar-refractivity contribution in [2.75, 3.05) is 18.3 Å². The Labute approximate surface area is 110 Å². The number of carbonyl (C=O) groups is 1. The first kappa shape index (κ1) is 12.7. The molecule has 1 atom stereocenters. The van der Waals surface area contributed by atoms with Crippen LogP contribution in [0.15, 0.2) is 23.2 Å². The van der Waals surface area contributed by atoms with Crippen LogP contribution in [-0.2, 0) is 16.0 Å². The molecule has 1 aliphatic rings. The van der Waals surface area contributed by atoms with E-state index in [1.807, 2.05) is 18.2 Å². The zero-order valence-corrected chi connectivity index (χ0v) is 10.7. The lowest BCUT2D eigenvalue weighted by Gasteiger charge is -2.07. The summed E-state index contributed by atoms with van der Waals surface area (Å²) in [6.45, 7) is 0. The number of nitrogens with one attached hydrogen (secondary N) is 1. The highest BCUT2D eigenvalue weighted by Crippen LogP contribution is 2.30. The van der Waals surface area contributed by atoms with Crippen LogP contribution in [0, 0.1) is 0 Å². The van der Waals surface area contributed by atoms with E-state index in [0.29, 0.717) is 17.9 Å². The number of anilines is 1. The van der Waals surface area contributed by atoms with Crippen LogP contribution >= 0.6 is 11.6 Å². The van der Waals surface area contributed by atoms with Gasteiger partial charge in [0.15, 0.2) is 0 Å². The highest BCUT2D eigenvalue weighted by molar-refractivity contribution is 6.28. The molecule has 0 amide bonds. The van der Waals surface area contributed by atoms with Gasteiger partial charge in [0.05, 0.1) is 18.7 Å². The summed E-state index contributed by atoms with van der Waals surface area (Å²) in [6, 6.07) is 5.29. The van der Waals surface area contributed by atoms with Crippen molar-refractivity contribution in [2.45, 2.75) is 12.5 Å². The summed E-state index contributed by atoms with van der Waals surface area (Å²) in [7, 11) is 1.38. The number of hydrogen-bond acceptors (Lipinski definition) is 4. The Bertz CT molecular complexity index is 502. The number of nitrogens with zero attached hydrogens (tertiary/aromatic N) is 1. The van der Waals surface area contributed by atoms with E-state index in [2.05, 4.69) is 10.3 Å². The van der Waals surface area contributed by atoms with Crippen LogP contribution in [0.5, 0.6) is 0 Å². The molecule has 0 spiro atoms. The molecule has 0 saturated carbocycles. The monoisotopic (exact) mass is 267 g/mol. The third-order valence-electron chi connectivity index (χ3n) is 2.74. The molecule has 18 heavy (non-hydrogen) atoms. The van der Waals surface area contributed by atoms with Crippen molar-refractivity contribution >= 4 is 34.8 Å². The second-order valence-electron chi connectivity index (χ2n) is 4.00. The normalized spacial score (nSPS) is 18.1. The first-order valence-electron chi connectivity index (χ1n) is 5.50. The minimum atomic E-state index is -0.324. The number of benzene rings is 1. The Morgan fingerprint density at radius 2 is 2.44 bits per heavy atom. The minimum Gasteiger partial charge on any atom is -0.467 e. The number of ether oxygens (including phenoxy) is 1. The maximum atomic E-state index is 11.4. The van der Waals surface area contributed by atoms with Gasteiger partial charge in [-0.25, -0.2) is 9.79 Å². The topological polar surface area (TPSA) is 76.7 Å². The van der Waals surface area contributed by atoms with E-state index in [9.17, 15) is 4.79 Å². The number of aliphatic imine (C=N–C) groups is 1. The van der Waals surface area contributed by atoms with Crippen molar-refractivity contribution < 1.29 is 9.53 Å². The Balaban J connectivity index is 2.19. The lowest BCUT2D eigenvalue weighted by molar-refractivity contribution is -0.141. The van der Waals surface area contributed by atoms with Gasteiger partial charge in [0.1, 0.15) is 11.9 Å². The standard InChI is InChI=1S/C12H14ClN3O2/c1-18-12(17)10-4-7-2-3-8(5-9(7)16-10)15-11(14)6-13/h2-3,5,10,16H,4,6H2,1H3,(H2,14,15). The van der Waals surface area contributed by atoms with Crippen LogP contribution < -0.4 is 11.1 Å². The summed E-state index contributed by atoms with van der Waals surface area (Å²) in [5.41, 5.74) is 8.23. The summed E-state index contributed by atoms with van der Waals surface area (Å²) in [4.78, 5) is 15.6. The molecule has 1 unspecified atom stereocenters. The predicted octanol–water partition coefficient (Wildman–Crippen LogP) is 1.42. The molecule has 0 saturated heterocycles. The van der Waals surface area contributed by atoms with Crippen LogP contribution in [-0.4, -0.2) is 30.8 Å². The summed E-state index contributed by atoms with van der Waals surface area (Å²) in [5.74, 6) is 0.283. The molecule has 1 aromatic rings. The number of nitrogens with two attached hydrogens (primary N) is 1. The van der Waals surface area contributed by atoms with E-state index < -0.39 is 0 Å². The third-order valence-corrected chi connectivity index (χ3v) is 3.02. The van der Waals surface area contributed by atoms with E-state index in [0.717, 1.165) is 11.3 Å². The molecule has 5 nitrogen and oxygen atoms in total. The van der Waals surface area contributed by atoms with Gasteiger partial charge in [-0.3, -0.25) is 0 Å². The Morgan fingerprint density at radius 3 is 3.11 bits per heavy atom. The molecule has 1 aromatic carbocycles. The molecule has 2 rings (SSSR count). The quantitative estimate of drug-likeness (QED) is 0.376. The van der Waals surface area contributed by atoms with Crippen molar-refractivity contribution in [3.8, 4) is 0 Å². The van der Waals surface area contributed by atoms with Crippen molar-refractivity contribution in [2.24, 2.45) is 10.7 Å². The van der Waals surface area contributed by atoms with E-state index in [4.69, 9.17) is 22.1 Å². The maximum absolute atomic E-state index is 11.4. The average Bonchev–Trinajstić information content (AvgIpc) is 2.80. The summed E-state index contributed by atoms with van der Waals surface area (Å²) in [6.07, 6.45) is 0.622. The van der Waals surface area contributed by atoms with Gasteiger partial charge in [-0.05, 0) is 17.7 Å². The molecular formula is C12H14ClN3O2. The fourth-order valence-electron chi connectivity index (χ4n) is 1.89. The zero-order chi connectivity index (χ0) is 13.1. The lowest BCUT2D eigenvalue weighted by Crippen LogP contribution is -2.27. The third kappa shape index (κ3) is 2.56. The number of halogens is 1. The van der Waals surface area contributed by atoms with Gasteiger partial charge in [-0.15, -0.1) is 11.6 Å². The number of fused-ring (bicyclic) bond motifs is 1. The fourth-order valence-corrected chi connectivity index (χ4v) is 1.94. The van der Waals surface area contributed by atoms with E-state index >= 15 is 0 Å². The summed E-state index contributed by atoms with van der Waals surface area (Å²) in [5, 5.41) is 3.10. The van der Waals surface area contributed by atoms with Gasteiger partial charge < -0.3 is 15.8 Å². The zero-order valence-electron chi connectivity index (χ0n) is 9.94. The van der Waals surface area contributed by atoms with Crippen molar-refractivity contribution in [3.63, 3.8) is 0 Å². The number of rotatable bonds is 3. The minimum absolute atomic E-state index is 0.190. The van der Waals surface area contributed by atoms with Gasteiger partial charge >= 0.3 is 5.97 Å². The van der Waals surface area contributed by atoms with E-state index in [1.54, 1.807) is 0 Å². The fraction of sp³-hybridized carbons (Fsp3) is 0.333. The second kappa shape index (κ2) is 5.27. The van der Waals surface area contributed by atoms with E-state index in [1.165, 1.54) is 7.11 Å². The largest absolute Gasteiger partial charge is 0.467 e. The molecule has 0 aliphatic carbocycles. The number of hydrogen-bond donors (Lipinski definition) is 2. The highest BCUT2D eigenvalue weighted by atomic mass is 35.5. The molecule has 96 valence electrons. The van der Waals surface area contributed by atoms with Gasteiger partial charge in [-0.1, -0.05) is 6.07 Å². The van der Waals surface area contributed by atoms with Crippen molar-refractivity contribution in [3.05, 3.63) is 23.8 Å². The van der Waals surface area contributed by atoms with Crippen molar-refractivity contribution in [1.82, 2.24) is 0 Å². The Morgan fingerprint density at radius 1 is 1.67 bits per heavy atom. The van der Waals surface area contributed by atoms with Crippen LogP contribution in [0.2, 0.25) is 0 Å². The van der Waals surface area contributed by atoms with Crippen LogP contribution in [0.4, 0.5) is 11.4 Å². The molecule has 6 heteroatoms. The van der Waals surface area contributed by atoms with Gasteiger partial charge in [0, 0.05) is 12.1 Å². The van der Waals surface area contributed by atoms with Gasteiger partial charge in [-0.2, -0.15) is 0 Å². The molecular weight excluding hydrogens is 254 g/mol. The smallest absolute Gasteiger partial charge is 0.328 e. The summed E-state index contributed by atoms with van der Waals surface area (Å²) >= 11 is 5.57. The number of amidine groups is 1. The first-order chi connectivity index (χ1) is 8.63. The van der Waals surface area contributed by atoms with Gasteiger partial charge in [0.2, 0.25) is 0 Å². The molecule has 0 bridgehead atoms. The number of carbonyl (C=O) groups excluding carboxylic acids is 1.